The van der Waals surface area contributed by atoms with Gasteiger partial charge in [0.1, 0.15) is 5.82 Å². The minimum absolute atomic E-state index is 0.181. The zero-order chi connectivity index (χ0) is 11.5. The maximum Gasteiger partial charge on any atom is 0.123 e. The van der Waals surface area contributed by atoms with Crippen LogP contribution in [0.5, 0.6) is 0 Å². The molecule has 0 spiro atoms. The monoisotopic (exact) mass is 286 g/mol. The van der Waals surface area contributed by atoms with E-state index in [2.05, 4.69) is 20.8 Å². The summed E-state index contributed by atoms with van der Waals surface area (Å²) in [5.74, 6) is -0.181. The second-order valence-corrected chi connectivity index (χ2v) is 5.23. The van der Waals surface area contributed by atoms with E-state index < -0.39 is 0 Å². The molecule has 2 nitrogen and oxygen atoms in total. The van der Waals surface area contributed by atoms with Crippen LogP contribution < -0.4 is 5.73 Å². The van der Waals surface area contributed by atoms with Crippen molar-refractivity contribution >= 4 is 15.9 Å². The Morgan fingerprint density at radius 2 is 2.31 bits per heavy atom. The lowest BCUT2D eigenvalue weighted by molar-refractivity contribution is 0.201. The van der Waals surface area contributed by atoms with Crippen LogP contribution in [0.1, 0.15) is 18.4 Å². The van der Waals surface area contributed by atoms with E-state index in [0.717, 1.165) is 42.5 Å². The van der Waals surface area contributed by atoms with Gasteiger partial charge in [-0.2, -0.15) is 0 Å². The van der Waals surface area contributed by atoms with Gasteiger partial charge in [-0.3, -0.25) is 4.90 Å². The first-order valence-electron chi connectivity index (χ1n) is 5.57. The highest BCUT2D eigenvalue weighted by molar-refractivity contribution is 9.10. The van der Waals surface area contributed by atoms with Gasteiger partial charge in [0.05, 0.1) is 0 Å². The number of likely N-dealkylation sites (tertiary alicyclic amines) is 1. The normalized spacial score (nSPS) is 22.3. The summed E-state index contributed by atoms with van der Waals surface area (Å²) in [7, 11) is 0. The molecule has 0 aliphatic carbocycles. The van der Waals surface area contributed by atoms with Gasteiger partial charge >= 0.3 is 0 Å². The molecule has 1 atom stereocenters. The molecule has 0 saturated carbocycles. The maximum absolute atomic E-state index is 13.1. The van der Waals surface area contributed by atoms with Crippen LogP contribution in [-0.4, -0.2) is 24.0 Å². The van der Waals surface area contributed by atoms with Gasteiger partial charge in [-0.05, 0) is 43.1 Å². The molecule has 1 saturated heterocycles. The highest BCUT2D eigenvalue weighted by Crippen LogP contribution is 2.21. The largest absolute Gasteiger partial charge is 0.327 e. The van der Waals surface area contributed by atoms with E-state index in [1.807, 2.05) is 0 Å². The second-order valence-electron chi connectivity index (χ2n) is 4.37. The summed E-state index contributed by atoms with van der Waals surface area (Å²) in [5, 5.41) is 0. The van der Waals surface area contributed by atoms with Gasteiger partial charge in [0, 0.05) is 23.6 Å². The van der Waals surface area contributed by atoms with Crippen molar-refractivity contribution in [1.29, 1.82) is 0 Å². The number of halogens is 2. The van der Waals surface area contributed by atoms with Gasteiger partial charge in [-0.1, -0.05) is 15.9 Å². The predicted octanol–water partition coefficient (Wildman–Crippen LogP) is 2.51. The van der Waals surface area contributed by atoms with Crippen molar-refractivity contribution in [2.24, 2.45) is 5.73 Å². The number of hydrogen-bond donors (Lipinski definition) is 1. The number of benzene rings is 1. The Bertz CT molecular complexity index is 370. The van der Waals surface area contributed by atoms with Gasteiger partial charge in [-0.25, -0.2) is 4.39 Å². The molecule has 0 aromatic heterocycles. The fourth-order valence-corrected chi connectivity index (χ4v) is 2.51. The van der Waals surface area contributed by atoms with Gasteiger partial charge in [0.25, 0.3) is 0 Å². The quantitative estimate of drug-likeness (QED) is 0.905. The Morgan fingerprint density at radius 1 is 1.50 bits per heavy atom. The zero-order valence-corrected chi connectivity index (χ0v) is 10.7. The molecule has 1 aromatic rings. The van der Waals surface area contributed by atoms with Gasteiger partial charge in [0.15, 0.2) is 0 Å². The standard InChI is InChI=1S/C12H16BrFN2/c13-12-4-3-10(14)6-9(12)7-16-5-1-2-11(15)8-16/h3-4,6,11H,1-2,5,7-8,15H2. The van der Waals surface area contributed by atoms with Crippen molar-refractivity contribution in [3.8, 4) is 0 Å². The molecular formula is C12H16BrFN2. The van der Waals surface area contributed by atoms with Crippen molar-refractivity contribution in [1.82, 2.24) is 4.90 Å². The van der Waals surface area contributed by atoms with Crippen molar-refractivity contribution in [3.63, 3.8) is 0 Å². The molecule has 2 N–H and O–H groups in total. The van der Waals surface area contributed by atoms with Crippen LogP contribution in [0.3, 0.4) is 0 Å². The van der Waals surface area contributed by atoms with E-state index in [-0.39, 0.29) is 11.9 Å². The summed E-state index contributed by atoms with van der Waals surface area (Å²) < 4.78 is 14.1. The Hall–Kier alpha value is -0.450. The van der Waals surface area contributed by atoms with Crippen molar-refractivity contribution in [3.05, 3.63) is 34.1 Å². The maximum atomic E-state index is 13.1. The van der Waals surface area contributed by atoms with Crippen LogP contribution >= 0.6 is 15.9 Å². The molecule has 16 heavy (non-hydrogen) atoms. The van der Waals surface area contributed by atoms with Crippen LogP contribution in [0.2, 0.25) is 0 Å². The zero-order valence-electron chi connectivity index (χ0n) is 9.13. The van der Waals surface area contributed by atoms with Crippen LogP contribution in [0.15, 0.2) is 22.7 Å². The van der Waals surface area contributed by atoms with Crippen LogP contribution in [0.25, 0.3) is 0 Å². The first-order chi connectivity index (χ1) is 7.65. The first kappa shape index (κ1) is 12.0. The fourth-order valence-electron chi connectivity index (χ4n) is 2.14. The summed E-state index contributed by atoms with van der Waals surface area (Å²) in [6.07, 6.45) is 2.23. The van der Waals surface area contributed by atoms with E-state index in [0.29, 0.717) is 0 Å². The minimum Gasteiger partial charge on any atom is -0.327 e. The number of rotatable bonds is 2. The van der Waals surface area contributed by atoms with Crippen molar-refractivity contribution in [2.75, 3.05) is 13.1 Å². The molecule has 1 unspecified atom stereocenters. The molecule has 1 heterocycles. The van der Waals surface area contributed by atoms with Gasteiger partial charge in [-0.15, -0.1) is 0 Å². The van der Waals surface area contributed by atoms with Crippen LogP contribution in [0.4, 0.5) is 4.39 Å². The SMILES string of the molecule is NC1CCCN(Cc2cc(F)ccc2Br)C1. The summed E-state index contributed by atoms with van der Waals surface area (Å²) >= 11 is 3.45. The number of nitrogens with zero attached hydrogens (tertiary/aromatic N) is 1. The average molecular weight is 287 g/mol. The molecule has 4 heteroatoms. The Balaban J connectivity index is 2.05. The topological polar surface area (TPSA) is 29.3 Å². The van der Waals surface area contributed by atoms with E-state index >= 15 is 0 Å². The summed E-state index contributed by atoms with van der Waals surface area (Å²) in [4.78, 5) is 2.29. The summed E-state index contributed by atoms with van der Waals surface area (Å²) in [5.41, 5.74) is 6.91. The van der Waals surface area contributed by atoms with Gasteiger partial charge < -0.3 is 5.73 Å². The molecule has 0 bridgehead atoms. The molecule has 1 fully saturated rings. The average Bonchev–Trinajstić information content (AvgIpc) is 2.24. The molecule has 88 valence electrons. The van der Waals surface area contributed by atoms with Gasteiger partial charge in [0.2, 0.25) is 0 Å². The molecular weight excluding hydrogens is 271 g/mol. The van der Waals surface area contributed by atoms with Crippen molar-refractivity contribution in [2.45, 2.75) is 25.4 Å². The molecule has 1 aliphatic heterocycles. The highest BCUT2D eigenvalue weighted by Gasteiger charge is 2.17. The number of nitrogens with two attached hydrogens (primary N) is 1. The first-order valence-corrected chi connectivity index (χ1v) is 6.36. The number of hydrogen-bond acceptors (Lipinski definition) is 2. The lowest BCUT2D eigenvalue weighted by Crippen LogP contribution is -2.42. The third kappa shape index (κ3) is 3.03. The lowest BCUT2D eigenvalue weighted by Gasteiger charge is -2.30. The fraction of sp³-hybridized carbons (Fsp3) is 0.500. The van der Waals surface area contributed by atoms with Crippen LogP contribution in [-0.2, 0) is 6.54 Å². The van der Waals surface area contributed by atoms with E-state index in [9.17, 15) is 4.39 Å². The predicted molar refractivity (Wildman–Crippen MR) is 66.6 cm³/mol. The lowest BCUT2D eigenvalue weighted by atomic mass is 10.1. The molecule has 0 amide bonds. The third-order valence-corrected chi connectivity index (χ3v) is 3.72. The molecule has 1 aliphatic rings. The minimum atomic E-state index is -0.181. The van der Waals surface area contributed by atoms with E-state index in [4.69, 9.17) is 5.73 Å². The summed E-state index contributed by atoms with van der Waals surface area (Å²) in [6.45, 7) is 2.73. The molecule has 0 radical (unpaired) electrons. The Kier molecular flexibility index (Phi) is 3.95. The smallest absolute Gasteiger partial charge is 0.123 e. The third-order valence-electron chi connectivity index (χ3n) is 2.94. The Labute approximate surface area is 104 Å². The molecule has 1 aromatic carbocycles. The Morgan fingerprint density at radius 3 is 3.06 bits per heavy atom. The van der Waals surface area contributed by atoms with Crippen molar-refractivity contribution < 1.29 is 4.39 Å². The van der Waals surface area contributed by atoms with Crippen LogP contribution in [0, 0.1) is 5.82 Å². The van der Waals surface area contributed by atoms with E-state index in [1.54, 1.807) is 12.1 Å². The summed E-state index contributed by atoms with van der Waals surface area (Å²) in [6, 6.07) is 5.08. The highest BCUT2D eigenvalue weighted by atomic mass is 79.9. The number of piperidine rings is 1. The molecule has 2 rings (SSSR count). The second kappa shape index (κ2) is 5.25. The van der Waals surface area contributed by atoms with E-state index in [1.165, 1.54) is 6.07 Å².